The zero-order valence-corrected chi connectivity index (χ0v) is 42.0. The number of phosphoric acid groups is 1. The molecule has 0 bridgehead atoms. The summed E-state index contributed by atoms with van der Waals surface area (Å²) < 4.78 is 32.9. The van der Waals surface area contributed by atoms with Crippen LogP contribution in [-0.4, -0.2) is 49.3 Å². The molecule has 0 aliphatic carbocycles. The topological polar surface area (TPSA) is 134 Å². The number of hydrogen-bond donors (Lipinski definition) is 2. The fraction of sp³-hybridized carbons (Fsp3) is 0.849. The molecule has 0 spiro atoms. The van der Waals surface area contributed by atoms with E-state index >= 15 is 0 Å². The summed E-state index contributed by atoms with van der Waals surface area (Å²) in [4.78, 5) is 34.9. The molecule has 0 aliphatic heterocycles. The van der Waals surface area contributed by atoms with E-state index in [1.54, 1.807) is 0 Å². The predicted octanol–water partition coefficient (Wildman–Crippen LogP) is 16.1. The number of rotatable bonds is 50. The van der Waals surface area contributed by atoms with Gasteiger partial charge in [0.25, 0.3) is 0 Å². The monoisotopic (exact) mass is 910 g/mol. The van der Waals surface area contributed by atoms with Crippen LogP contribution in [-0.2, 0) is 32.7 Å². The Labute approximate surface area is 388 Å². The van der Waals surface area contributed by atoms with Gasteiger partial charge in [-0.15, -0.1) is 0 Å². The Hall–Kier alpha value is -1.77. The number of unbranched alkanes of at least 4 members (excludes halogenated alkanes) is 31. The number of carbonyl (C=O) groups is 2. The van der Waals surface area contributed by atoms with Gasteiger partial charge in [0.1, 0.15) is 6.61 Å². The van der Waals surface area contributed by atoms with Crippen molar-refractivity contribution < 1.29 is 37.6 Å². The molecular weight excluding hydrogens is 810 g/mol. The van der Waals surface area contributed by atoms with Gasteiger partial charge in [-0.3, -0.25) is 18.6 Å². The second kappa shape index (κ2) is 49.7. The first-order chi connectivity index (χ1) is 30.8. The second-order valence-corrected chi connectivity index (χ2v) is 19.2. The largest absolute Gasteiger partial charge is 0.472 e. The average molecular weight is 910 g/mol. The lowest BCUT2D eigenvalue weighted by atomic mass is 10.0. The van der Waals surface area contributed by atoms with Gasteiger partial charge in [-0.2, -0.15) is 0 Å². The number of ether oxygens (including phenoxy) is 2. The number of carbonyl (C=O) groups excluding carboxylic acids is 2. The molecule has 370 valence electrons. The van der Waals surface area contributed by atoms with Crippen LogP contribution in [0, 0.1) is 0 Å². The van der Waals surface area contributed by atoms with Gasteiger partial charge in [0, 0.05) is 19.4 Å². The minimum Gasteiger partial charge on any atom is -0.462 e. The highest BCUT2D eigenvalue weighted by atomic mass is 31.2. The molecule has 2 atom stereocenters. The summed E-state index contributed by atoms with van der Waals surface area (Å²) in [5, 5.41) is 0. The molecule has 0 saturated carbocycles. The van der Waals surface area contributed by atoms with Gasteiger partial charge in [-0.1, -0.05) is 230 Å². The number of hydrogen-bond acceptors (Lipinski definition) is 8. The molecular formula is C53H100NO8P. The molecule has 0 rings (SSSR count). The summed E-state index contributed by atoms with van der Waals surface area (Å²) in [5.74, 6) is -0.819. The molecule has 0 aliphatic rings. The molecule has 0 heterocycles. The smallest absolute Gasteiger partial charge is 0.462 e. The zero-order valence-electron chi connectivity index (χ0n) is 41.1. The maximum atomic E-state index is 12.6. The molecule has 0 radical (unpaired) electrons. The minimum atomic E-state index is -4.38. The number of phosphoric ester groups is 1. The van der Waals surface area contributed by atoms with E-state index in [9.17, 15) is 19.0 Å². The number of esters is 2. The first-order valence-electron chi connectivity index (χ1n) is 26.5. The highest BCUT2D eigenvalue weighted by Gasteiger charge is 2.26. The first-order valence-corrected chi connectivity index (χ1v) is 28.0. The van der Waals surface area contributed by atoms with Crippen LogP contribution in [0.3, 0.4) is 0 Å². The molecule has 9 nitrogen and oxygen atoms in total. The second-order valence-electron chi connectivity index (χ2n) is 17.8. The lowest BCUT2D eigenvalue weighted by Crippen LogP contribution is -2.29. The van der Waals surface area contributed by atoms with Crippen LogP contribution in [0.2, 0.25) is 0 Å². The maximum absolute atomic E-state index is 12.6. The van der Waals surface area contributed by atoms with E-state index in [2.05, 4.69) is 50.3 Å². The lowest BCUT2D eigenvalue weighted by Gasteiger charge is -2.19. The Morgan fingerprint density at radius 2 is 0.825 bits per heavy atom. The van der Waals surface area contributed by atoms with Crippen molar-refractivity contribution in [1.82, 2.24) is 0 Å². The fourth-order valence-corrected chi connectivity index (χ4v) is 8.35. The van der Waals surface area contributed by atoms with Crippen LogP contribution in [0.4, 0.5) is 0 Å². The van der Waals surface area contributed by atoms with Gasteiger partial charge in [-0.05, 0) is 51.4 Å². The highest BCUT2D eigenvalue weighted by Crippen LogP contribution is 2.43. The van der Waals surface area contributed by atoms with Crippen molar-refractivity contribution in [3.63, 3.8) is 0 Å². The maximum Gasteiger partial charge on any atom is 0.472 e. The molecule has 0 aromatic rings. The van der Waals surface area contributed by atoms with E-state index in [1.807, 2.05) is 0 Å². The molecule has 0 saturated heterocycles. The normalized spacial score (nSPS) is 13.4. The van der Waals surface area contributed by atoms with E-state index in [-0.39, 0.29) is 38.6 Å². The van der Waals surface area contributed by atoms with Crippen LogP contribution < -0.4 is 5.73 Å². The molecule has 0 amide bonds. The Balaban J connectivity index is 3.87. The highest BCUT2D eigenvalue weighted by molar-refractivity contribution is 7.47. The standard InChI is InChI=1S/C53H100NO8P/c1-3-5-7-9-11-13-15-16-17-18-19-20-21-22-23-24-25-26-27-28-29-30-31-32-33-34-36-38-40-42-44-46-53(56)62-51(50-61-63(57,58)60-48-47-54)49-59-52(55)45-43-41-39-37-35-14-12-10-8-6-4-2/h15-16,18-19,21-22,51H,3-14,17,20,23-50,54H2,1-2H3,(H,57,58)/b16-15-,19-18-,22-21-. The summed E-state index contributed by atoms with van der Waals surface area (Å²) in [6.45, 7) is 3.74. The molecule has 10 heteroatoms. The van der Waals surface area contributed by atoms with Gasteiger partial charge in [0.05, 0.1) is 13.2 Å². The molecule has 0 aromatic heterocycles. The summed E-state index contributed by atoms with van der Waals surface area (Å²) in [7, 11) is -4.38. The Kier molecular flexibility index (Phi) is 48.3. The van der Waals surface area contributed by atoms with Crippen LogP contribution >= 0.6 is 7.82 Å². The van der Waals surface area contributed by atoms with E-state index < -0.39 is 26.5 Å². The van der Waals surface area contributed by atoms with Gasteiger partial charge in [0.15, 0.2) is 6.10 Å². The van der Waals surface area contributed by atoms with E-state index in [1.165, 1.54) is 180 Å². The van der Waals surface area contributed by atoms with Crippen molar-refractivity contribution >= 4 is 19.8 Å². The minimum absolute atomic E-state index is 0.0552. The Morgan fingerprint density at radius 3 is 1.22 bits per heavy atom. The Morgan fingerprint density at radius 1 is 0.476 bits per heavy atom. The first kappa shape index (κ1) is 61.2. The zero-order chi connectivity index (χ0) is 46.0. The molecule has 0 fully saturated rings. The van der Waals surface area contributed by atoms with E-state index in [0.717, 1.165) is 44.9 Å². The predicted molar refractivity (Wildman–Crippen MR) is 266 cm³/mol. The SMILES string of the molecule is CCCCCCC/C=C\C/C=C\C/C=C\CCCCCCCCCCCCCCCCCCC(=O)OC(COC(=O)CCCCCCCCCCCCC)COP(=O)(O)OCCN. The molecule has 63 heavy (non-hydrogen) atoms. The molecule has 0 aromatic carbocycles. The quantitative estimate of drug-likeness (QED) is 0.0265. The van der Waals surface area contributed by atoms with Gasteiger partial charge >= 0.3 is 19.8 Å². The van der Waals surface area contributed by atoms with Crippen molar-refractivity contribution in [2.75, 3.05) is 26.4 Å². The summed E-state index contributed by atoms with van der Waals surface area (Å²) in [5.41, 5.74) is 5.36. The van der Waals surface area contributed by atoms with Crippen molar-refractivity contribution in [3.05, 3.63) is 36.5 Å². The third kappa shape index (κ3) is 49.5. The van der Waals surface area contributed by atoms with Gasteiger partial charge in [0.2, 0.25) is 0 Å². The van der Waals surface area contributed by atoms with E-state index in [0.29, 0.717) is 6.42 Å². The van der Waals surface area contributed by atoms with Crippen LogP contribution in [0.5, 0.6) is 0 Å². The Bertz CT molecular complexity index is 1130. The van der Waals surface area contributed by atoms with Gasteiger partial charge < -0.3 is 20.1 Å². The van der Waals surface area contributed by atoms with E-state index in [4.69, 9.17) is 24.3 Å². The van der Waals surface area contributed by atoms with Crippen LogP contribution in [0.1, 0.15) is 258 Å². The third-order valence-electron chi connectivity index (χ3n) is 11.5. The number of allylic oxidation sites excluding steroid dienone is 6. The van der Waals surface area contributed by atoms with Crippen molar-refractivity contribution in [2.45, 2.75) is 264 Å². The van der Waals surface area contributed by atoms with Crippen molar-refractivity contribution in [1.29, 1.82) is 0 Å². The number of nitrogens with two attached hydrogens (primary N) is 1. The van der Waals surface area contributed by atoms with Crippen molar-refractivity contribution in [2.24, 2.45) is 5.73 Å². The van der Waals surface area contributed by atoms with Crippen LogP contribution in [0.25, 0.3) is 0 Å². The molecule has 3 N–H and O–H groups in total. The van der Waals surface area contributed by atoms with Gasteiger partial charge in [-0.25, -0.2) is 4.57 Å². The summed E-state index contributed by atoms with van der Waals surface area (Å²) in [6.07, 6.45) is 57.8. The third-order valence-corrected chi connectivity index (χ3v) is 12.5. The summed E-state index contributed by atoms with van der Waals surface area (Å²) >= 11 is 0. The van der Waals surface area contributed by atoms with Crippen LogP contribution in [0.15, 0.2) is 36.5 Å². The average Bonchev–Trinajstić information content (AvgIpc) is 3.27. The lowest BCUT2D eigenvalue weighted by molar-refractivity contribution is -0.161. The van der Waals surface area contributed by atoms with Crippen molar-refractivity contribution in [3.8, 4) is 0 Å². The fourth-order valence-electron chi connectivity index (χ4n) is 7.59. The molecule has 2 unspecified atom stereocenters. The summed E-state index contributed by atoms with van der Waals surface area (Å²) in [6, 6.07) is 0.